The summed E-state index contributed by atoms with van der Waals surface area (Å²) in [6.07, 6.45) is -0.210. The minimum Gasteiger partial charge on any atom is -0.748 e. The van der Waals surface area contributed by atoms with Crippen LogP contribution in [0.5, 0.6) is 11.5 Å². The van der Waals surface area contributed by atoms with Crippen LogP contribution in [0.25, 0.3) is 0 Å². The minimum atomic E-state index is -4.20. The fourth-order valence-corrected chi connectivity index (χ4v) is 3.20. The quantitative estimate of drug-likeness (QED) is 0.447. The third kappa shape index (κ3) is 5.88. The van der Waals surface area contributed by atoms with Gasteiger partial charge in [0, 0.05) is 16.5 Å². The predicted molar refractivity (Wildman–Crippen MR) is 68.8 cm³/mol. The maximum atomic E-state index is 10.6. The Hall–Kier alpha value is 0.170. The fourth-order valence-electron chi connectivity index (χ4n) is 1.74. The molecule has 2 atom stereocenters. The van der Waals surface area contributed by atoms with E-state index in [1.165, 1.54) is 11.3 Å². The van der Waals surface area contributed by atoms with Crippen LogP contribution in [0, 0.1) is 5.92 Å². The zero-order chi connectivity index (χ0) is 13.9. The van der Waals surface area contributed by atoms with Gasteiger partial charge in [-0.25, -0.2) is 8.42 Å². The number of hydrogen-bond donors (Lipinski definition) is 0. The Bertz CT molecular complexity index is 515. The van der Waals surface area contributed by atoms with Crippen LogP contribution >= 0.6 is 11.3 Å². The number of thiophene rings is 1. The molecule has 0 aliphatic carbocycles. The molecule has 108 valence electrons. The predicted octanol–water partition coefficient (Wildman–Crippen LogP) is -1.91. The minimum absolute atomic E-state index is 0. The summed E-state index contributed by atoms with van der Waals surface area (Å²) in [7, 11) is -4.20. The van der Waals surface area contributed by atoms with Crippen molar-refractivity contribution < 1.29 is 56.7 Å². The van der Waals surface area contributed by atoms with Crippen molar-refractivity contribution in [3.63, 3.8) is 0 Å². The zero-order valence-corrected chi connectivity index (χ0v) is 15.0. The second-order valence-electron chi connectivity index (χ2n) is 4.52. The SMILES string of the molecule is CC(COCC1COc2cscc2O1)CS(=O)(=O)[O-].[Na+]. The summed E-state index contributed by atoms with van der Waals surface area (Å²) in [6.45, 7) is 2.57. The van der Waals surface area contributed by atoms with Gasteiger partial charge in [-0.2, -0.15) is 0 Å². The summed E-state index contributed by atoms with van der Waals surface area (Å²) >= 11 is 1.50. The van der Waals surface area contributed by atoms with E-state index in [4.69, 9.17) is 14.2 Å². The zero-order valence-electron chi connectivity index (χ0n) is 11.4. The Labute approximate surface area is 144 Å². The van der Waals surface area contributed by atoms with Crippen molar-refractivity contribution in [1.82, 2.24) is 0 Å². The first-order chi connectivity index (χ1) is 8.94. The van der Waals surface area contributed by atoms with Gasteiger partial charge in [-0.15, -0.1) is 11.3 Å². The smallest absolute Gasteiger partial charge is 0.748 e. The molecule has 1 aromatic heterocycles. The molecule has 9 heteroatoms. The molecule has 0 bridgehead atoms. The van der Waals surface area contributed by atoms with E-state index in [-0.39, 0.29) is 48.2 Å². The molecule has 0 saturated heterocycles. The van der Waals surface area contributed by atoms with Crippen LogP contribution < -0.4 is 39.0 Å². The van der Waals surface area contributed by atoms with Gasteiger partial charge in [-0.05, 0) is 5.92 Å². The van der Waals surface area contributed by atoms with E-state index < -0.39 is 15.9 Å². The number of fused-ring (bicyclic) bond motifs is 1. The summed E-state index contributed by atoms with van der Waals surface area (Å²) in [6, 6.07) is 0. The molecule has 0 spiro atoms. The van der Waals surface area contributed by atoms with Gasteiger partial charge in [0.25, 0.3) is 0 Å². The molecule has 0 fully saturated rings. The molecule has 0 amide bonds. The first kappa shape index (κ1) is 18.2. The molecular formula is C11H15NaO6S2. The third-order valence-corrected chi connectivity index (χ3v) is 4.18. The second kappa shape index (κ2) is 7.98. The van der Waals surface area contributed by atoms with Crippen LogP contribution in [-0.4, -0.2) is 44.6 Å². The summed E-state index contributed by atoms with van der Waals surface area (Å²) in [5.41, 5.74) is 0. The average Bonchev–Trinajstić information content (AvgIpc) is 2.73. The van der Waals surface area contributed by atoms with E-state index in [0.717, 1.165) is 5.75 Å². The molecule has 2 heterocycles. The summed E-state index contributed by atoms with van der Waals surface area (Å²) in [5.74, 6) is 0.708. The molecule has 2 unspecified atom stereocenters. The van der Waals surface area contributed by atoms with Gasteiger partial charge in [0.15, 0.2) is 17.6 Å². The largest absolute Gasteiger partial charge is 1.00 e. The fraction of sp³-hybridized carbons (Fsp3) is 0.636. The molecule has 0 saturated carbocycles. The summed E-state index contributed by atoms with van der Waals surface area (Å²) in [4.78, 5) is 0. The molecule has 1 aliphatic rings. The number of ether oxygens (including phenoxy) is 3. The van der Waals surface area contributed by atoms with Crippen LogP contribution in [0.3, 0.4) is 0 Å². The Morgan fingerprint density at radius 1 is 1.50 bits per heavy atom. The van der Waals surface area contributed by atoms with Crippen molar-refractivity contribution in [3.05, 3.63) is 10.8 Å². The Kier molecular flexibility index (Phi) is 7.27. The number of hydrogen-bond acceptors (Lipinski definition) is 7. The van der Waals surface area contributed by atoms with Gasteiger partial charge in [0.2, 0.25) is 0 Å². The normalized spacial score (nSPS) is 19.2. The molecule has 2 rings (SSSR count). The van der Waals surface area contributed by atoms with Crippen LogP contribution in [0.4, 0.5) is 0 Å². The van der Waals surface area contributed by atoms with Gasteiger partial charge in [0.1, 0.15) is 6.61 Å². The summed E-state index contributed by atoms with van der Waals surface area (Å²) in [5, 5.41) is 3.72. The van der Waals surface area contributed by atoms with E-state index in [9.17, 15) is 13.0 Å². The number of rotatable bonds is 6. The Morgan fingerprint density at radius 2 is 2.20 bits per heavy atom. The van der Waals surface area contributed by atoms with E-state index in [1.807, 2.05) is 10.8 Å². The van der Waals surface area contributed by atoms with Crippen molar-refractivity contribution in [2.45, 2.75) is 13.0 Å². The van der Waals surface area contributed by atoms with E-state index >= 15 is 0 Å². The third-order valence-electron chi connectivity index (χ3n) is 2.51. The monoisotopic (exact) mass is 330 g/mol. The molecule has 0 radical (unpaired) electrons. The molecule has 20 heavy (non-hydrogen) atoms. The van der Waals surface area contributed by atoms with E-state index in [2.05, 4.69) is 0 Å². The van der Waals surface area contributed by atoms with Crippen molar-refractivity contribution in [2.75, 3.05) is 25.6 Å². The second-order valence-corrected chi connectivity index (χ2v) is 6.71. The standard InChI is InChI=1S/C11H16O6S2.Na/c1-8(7-19(12,13)14)2-15-3-9-4-16-10-5-18-6-11(10)17-9;/h5-6,8-9H,2-4,7H2,1H3,(H,12,13,14);/q;+1/p-1. The summed E-state index contributed by atoms with van der Waals surface area (Å²) < 4.78 is 48.2. The van der Waals surface area contributed by atoms with E-state index in [0.29, 0.717) is 19.0 Å². The molecule has 6 nitrogen and oxygen atoms in total. The van der Waals surface area contributed by atoms with Gasteiger partial charge < -0.3 is 18.8 Å². The topological polar surface area (TPSA) is 84.9 Å². The van der Waals surface area contributed by atoms with Crippen molar-refractivity contribution in [1.29, 1.82) is 0 Å². The van der Waals surface area contributed by atoms with Crippen molar-refractivity contribution in [2.24, 2.45) is 5.92 Å². The van der Waals surface area contributed by atoms with Crippen molar-refractivity contribution >= 4 is 21.5 Å². The molecule has 1 aromatic rings. The Balaban J connectivity index is 0.00000200. The Morgan fingerprint density at radius 3 is 2.90 bits per heavy atom. The molecular weight excluding hydrogens is 315 g/mol. The molecule has 0 N–H and O–H groups in total. The van der Waals surface area contributed by atoms with Gasteiger partial charge in [-0.1, -0.05) is 6.92 Å². The van der Waals surface area contributed by atoms with Crippen molar-refractivity contribution in [3.8, 4) is 11.5 Å². The molecule has 0 aromatic carbocycles. The maximum absolute atomic E-state index is 10.6. The van der Waals surface area contributed by atoms with Crippen LogP contribution in [0.1, 0.15) is 6.92 Å². The first-order valence-corrected chi connectivity index (χ1v) is 8.33. The molecule has 1 aliphatic heterocycles. The van der Waals surface area contributed by atoms with Gasteiger partial charge in [0.05, 0.1) is 23.3 Å². The average molecular weight is 330 g/mol. The van der Waals surface area contributed by atoms with Crippen LogP contribution in [-0.2, 0) is 14.9 Å². The maximum Gasteiger partial charge on any atom is 1.00 e. The van der Waals surface area contributed by atoms with Crippen LogP contribution in [0.2, 0.25) is 0 Å². The first-order valence-electron chi connectivity index (χ1n) is 5.81. The van der Waals surface area contributed by atoms with Crippen LogP contribution in [0.15, 0.2) is 10.8 Å². The van der Waals surface area contributed by atoms with Gasteiger partial charge >= 0.3 is 29.6 Å². The van der Waals surface area contributed by atoms with Gasteiger partial charge in [-0.3, -0.25) is 0 Å². The van der Waals surface area contributed by atoms with E-state index in [1.54, 1.807) is 6.92 Å².